The SMILES string of the molecule is CCCn1nc2n(c1=O)CCC(NC(=O)c1cccc3c1OCC3)CC2. The lowest BCUT2D eigenvalue weighted by Crippen LogP contribution is -2.36. The van der Waals surface area contributed by atoms with E-state index in [-0.39, 0.29) is 17.6 Å². The first kappa shape index (κ1) is 16.9. The quantitative estimate of drug-likeness (QED) is 0.901. The van der Waals surface area contributed by atoms with Gasteiger partial charge in [0.15, 0.2) is 0 Å². The number of hydrogen-bond donors (Lipinski definition) is 1. The lowest BCUT2D eigenvalue weighted by atomic mass is 10.1. The predicted molar refractivity (Wildman–Crippen MR) is 96.6 cm³/mol. The maximum Gasteiger partial charge on any atom is 0.345 e. The molecule has 3 heterocycles. The Bertz CT molecular complexity index is 883. The molecule has 0 bridgehead atoms. The molecule has 1 amide bonds. The van der Waals surface area contributed by atoms with Crippen molar-refractivity contribution >= 4 is 5.91 Å². The molecule has 1 unspecified atom stereocenters. The van der Waals surface area contributed by atoms with Crippen LogP contribution in [0.15, 0.2) is 23.0 Å². The fourth-order valence-electron chi connectivity index (χ4n) is 3.79. The number of carbonyl (C=O) groups excluding carboxylic acids is 1. The molecule has 138 valence electrons. The van der Waals surface area contributed by atoms with Crippen LogP contribution >= 0.6 is 0 Å². The molecule has 1 N–H and O–H groups in total. The van der Waals surface area contributed by atoms with Crippen molar-refractivity contribution in [2.75, 3.05) is 6.61 Å². The molecule has 0 radical (unpaired) electrons. The van der Waals surface area contributed by atoms with Gasteiger partial charge in [0.05, 0.1) is 12.2 Å². The molecule has 7 nitrogen and oxygen atoms in total. The molecular formula is C19H24N4O3. The number of carbonyl (C=O) groups is 1. The van der Waals surface area contributed by atoms with Crippen molar-refractivity contribution in [1.82, 2.24) is 19.7 Å². The zero-order valence-corrected chi connectivity index (χ0v) is 15.0. The van der Waals surface area contributed by atoms with E-state index >= 15 is 0 Å². The first-order chi connectivity index (χ1) is 12.7. The van der Waals surface area contributed by atoms with E-state index in [0.29, 0.717) is 37.4 Å². The van der Waals surface area contributed by atoms with Crippen LogP contribution in [-0.4, -0.2) is 32.9 Å². The molecule has 1 aromatic heterocycles. The lowest BCUT2D eigenvalue weighted by molar-refractivity contribution is 0.0929. The molecule has 0 saturated carbocycles. The molecule has 2 aliphatic heterocycles. The Labute approximate surface area is 152 Å². The third-order valence-electron chi connectivity index (χ3n) is 5.15. The van der Waals surface area contributed by atoms with Crippen LogP contribution in [0.25, 0.3) is 0 Å². The van der Waals surface area contributed by atoms with Gasteiger partial charge in [-0.2, -0.15) is 5.10 Å². The Balaban J connectivity index is 1.45. The number of aromatic nitrogens is 3. The van der Waals surface area contributed by atoms with Gasteiger partial charge in [0.25, 0.3) is 5.91 Å². The highest BCUT2D eigenvalue weighted by Crippen LogP contribution is 2.29. The fourth-order valence-corrected chi connectivity index (χ4v) is 3.79. The van der Waals surface area contributed by atoms with Gasteiger partial charge < -0.3 is 10.1 Å². The maximum atomic E-state index is 12.7. The van der Waals surface area contributed by atoms with Gasteiger partial charge in [-0.1, -0.05) is 19.1 Å². The summed E-state index contributed by atoms with van der Waals surface area (Å²) in [6, 6.07) is 5.75. The van der Waals surface area contributed by atoms with Crippen LogP contribution in [0.3, 0.4) is 0 Å². The number of benzene rings is 1. The second kappa shape index (κ2) is 6.97. The number of para-hydroxylation sites is 1. The highest BCUT2D eigenvalue weighted by molar-refractivity contribution is 5.97. The van der Waals surface area contributed by atoms with E-state index in [1.54, 1.807) is 9.25 Å². The summed E-state index contributed by atoms with van der Waals surface area (Å²) in [6.45, 7) is 3.91. The highest BCUT2D eigenvalue weighted by Gasteiger charge is 2.25. The van der Waals surface area contributed by atoms with Gasteiger partial charge in [-0.15, -0.1) is 0 Å². The largest absolute Gasteiger partial charge is 0.492 e. The van der Waals surface area contributed by atoms with Gasteiger partial charge in [0.1, 0.15) is 11.6 Å². The van der Waals surface area contributed by atoms with Crippen molar-refractivity contribution in [2.24, 2.45) is 0 Å². The average molecular weight is 356 g/mol. The molecule has 1 aromatic carbocycles. The maximum absolute atomic E-state index is 12.7. The third-order valence-corrected chi connectivity index (χ3v) is 5.15. The molecule has 0 aliphatic carbocycles. The molecule has 0 fully saturated rings. The lowest BCUT2D eigenvalue weighted by Gasteiger charge is -2.17. The predicted octanol–water partition coefficient (Wildman–Crippen LogP) is 1.52. The first-order valence-electron chi connectivity index (χ1n) is 9.39. The van der Waals surface area contributed by atoms with Gasteiger partial charge in [0.2, 0.25) is 0 Å². The number of hydrogen-bond acceptors (Lipinski definition) is 4. The second-order valence-electron chi connectivity index (χ2n) is 6.96. The summed E-state index contributed by atoms with van der Waals surface area (Å²) in [5, 5.41) is 7.57. The van der Waals surface area contributed by atoms with E-state index < -0.39 is 0 Å². The number of rotatable bonds is 4. The highest BCUT2D eigenvalue weighted by atomic mass is 16.5. The van der Waals surface area contributed by atoms with Crippen LogP contribution in [0.1, 0.15) is 47.9 Å². The fraction of sp³-hybridized carbons (Fsp3) is 0.526. The van der Waals surface area contributed by atoms with Gasteiger partial charge in [-0.25, -0.2) is 9.48 Å². The van der Waals surface area contributed by atoms with Crippen LogP contribution in [0.4, 0.5) is 0 Å². The van der Waals surface area contributed by atoms with E-state index in [0.717, 1.165) is 37.1 Å². The Morgan fingerprint density at radius 1 is 1.35 bits per heavy atom. The molecule has 2 aromatic rings. The average Bonchev–Trinajstić information content (AvgIpc) is 3.17. The molecule has 4 rings (SSSR count). The van der Waals surface area contributed by atoms with Gasteiger partial charge in [-0.05, 0) is 30.9 Å². The molecule has 26 heavy (non-hydrogen) atoms. The first-order valence-corrected chi connectivity index (χ1v) is 9.39. The van der Waals surface area contributed by atoms with E-state index in [9.17, 15) is 9.59 Å². The van der Waals surface area contributed by atoms with Crippen molar-refractivity contribution in [2.45, 2.75) is 58.2 Å². The second-order valence-corrected chi connectivity index (χ2v) is 6.96. The van der Waals surface area contributed by atoms with E-state index in [2.05, 4.69) is 10.4 Å². The summed E-state index contributed by atoms with van der Waals surface area (Å²) in [7, 11) is 0. The van der Waals surface area contributed by atoms with Crippen molar-refractivity contribution in [1.29, 1.82) is 0 Å². The topological polar surface area (TPSA) is 78.2 Å². The number of nitrogens with one attached hydrogen (secondary N) is 1. The zero-order chi connectivity index (χ0) is 18.1. The Morgan fingerprint density at radius 2 is 2.23 bits per heavy atom. The summed E-state index contributed by atoms with van der Waals surface area (Å²) < 4.78 is 8.95. The molecule has 2 aliphatic rings. The monoisotopic (exact) mass is 356 g/mol. The van der Waals surface area contributed by atoms with Gasteiger partial charge in [0, 0.05) is 32.0 Å². The minimum atomic E-state index is -0.100. The number of ether oxygens (including phenoxy) is 1. The Hall–Kier alpha value is -2.57. The number of nitrogens with zero attached hydrogens (tertiary/aromatic N) is 3. The summed E-state index contributed by atoms with van der Waals surface area (Å²) >= 11 is 0. The number of amides is 1. The summed E-state index contributed by atoms with van der Waals surface area (Å²) in [4.78, 5) is 25.1. The normalized spacial score (nSPS) is 18.6. The molecule has 7 heteroatoms. The summed E-state index contributed by atoms with van der Waals surface area (Å²) in [5.74, 6) is 1.44. The van der Waals surface area contributed by atoms with E-state index in [4.69, 9.17) is 4.74 Å². The smallest absolute Gasteiger partial charge is 0.345 e. The molecule has 0 saturated heterocycles. The standard InChI is InChI=1S/C19H24N4O3/c1-2-10-23-19(25)22-11-8-14(6-7-16(22)21-23)20-18(24)15-5-3-4-13-9-12-26-17(13)15/h3-5,14H,2,6-12H2,1H3,(H,20,24). The van der Waals surface area contributed by atoms with Gasteiger partial charge in [-0.3, -0.25) is 9.36 Å². The minimum Gasteiger partial charge on any atom is -0.492 e. The van der Waals surface area contributed by atoms with Crippen LogP contribution in [0, 0.1) is 0 Å². The van der Waals surface area contributed by atoms with Gasteiger partial charge >= 0.3 is 5.69 Å². The van der Waals surface area contributed by atoms with E-state index in [1.807, 2.05) is 25.1 Å². The molecule has 1 atom stereocenters. The van der Waals surface area contributed by atoms with Crippen molar-refractivity contribution in [3.8, 4) is 5.75 Å². The zero-order valence-electron chi connectivity index (χ0n) is 15.0. The van der Waals surface area contributed by atoms with Crippen molar-refractivity contribution < 1.29 is 9.53 Å². The van der Waals surface area contributed by atoms with Crippen molar-refractivity contribution in [3.05, 3.63) is 45.6 Å². The molecule has 0 spiro atoms. The number of aryl methyl sites for hydroxylation is 2. The Kier molecular flexibility index (Phi) is 4.53. The van der Waals surface area contributed by atoms with Crippen LogP contribution in [0.2, 0.25) is 0 Å². The summed E-state index contributed by atoms with van der Waals surface area (Å²) in [6.07, 6.45) is 3.94. The van der Waals surface area contributed by atoms with E-state index in [1.165, 1.54) is 0 Å². The number of fused-ring (bicyclic) bond motifs is 2. The van der Waals surface area contributed by atoms with Crippen LogP contribution in [0.5, 0.6) is 5.75 Å². The van der Waals surface area contributed by atoms with Crippen LogP contribution < -0.4 is 15.7 Å². The third kappa shape index (κ3) is 3.02. The summed E-state index contributed by atoms with van der Waals surface area (Å²) in [5.41, 5.74) is 1.66. The van der Waals surface area contributed by atoms with Crippen LogP contribution in [-0.2, 0) is 25.9 Å². The van der Waals surface area contributed by atoms with Crippen molar-refractivity contribution in [3.63, 3.8) is 0 Å². The Morgan fingerprint density at radius 3 is 3.08 bits per heavy atom. The molecular weight excluding hydrogens is 332 g/mol. The minimum absolute atomic E-state index is 0.0282.